The first kappa shape index (κ1) is 18.0. The van der Waals surface area contributed by atoms with Crippen LogP contribution in [0.25, 0.3) is 5.65 Å². The molecular formula is C20H21BrFN5O. The maximum Gasteiger partial charge on any atom is 0.180 e. The van der Waals surface area contributed by atoms with Crippen LogP contribution in [-0.4, -0.2) is 52.1 Å². The number of anilines is 1. The van der Waals surface area contributed by atoms with E-state index in [1.165, 1.54) is 17.8 Å². The highest BCUT2D eigenvalue weighted by Gasteiger charge is 2.25. The number of hydrogen-bond acceptors (Lipinski definition) is 5. The molecule has 5 rings (SSSR count). The van der Waals surface area contributed by atoms with E-state index in [9.17, 15) is 4.39 Å². The van der Waals surface area contributed by atoms with Crippen molar-refractivity contribution in [3.8, 4) is 0 Å². The Hall–Kier alpha value is -2.03. The van der Waals surface area contributed by atoms with Crippen LogP contribution in [0.2, 0.25) is 0 Å². The molecule has 3 aromatic rings. The van der Waals surface area contributed by atoms with Gasteiger partial charge >= 0.3 is 0 Å². The zero-order valence-corrected chi connectivity index (χ0v) is 17.0. The molecule has 8 heteroatoms. The SMILES string of the molecule is Fc1ccc(CN2CCc3c(nc4c(N5CCOCC5)nc(Br)cn34)C2)cc1. The minimum absolute atomic E-state index is 0.196. The molecule has 0 bridgehead atoms. The lowest BCUT2D eigenvalue weighted by molar-refractivity contribution is 0.122. The summed E-state index contributed by atoms with van der Waals surface area (Å²) < 4.78 is 21.6. The first-order valence-electron chi connectivity index (χ1n) is 9.53. The fourth-order valence-corrected chi connectivity index (χ4v) is 4.39. The van der Waals surface area contributed by atoms with Gasteiger partial charge in [0.25, 0.3) is 0 Å². The lowest BCUT2D eigenvalue weighted by atomic mass is 10.1. The molecule has 0 unspecified atom stereocenters. The highest BCUT2D eigenvalue weighted by molar-refractivity contribution is 9.10. The predicted octanol–water partition coefficient (Wildman–Crippen LogP) is 3.03. The summed E-state index contributed by atoms with van der Waals surface area (Å²) in [7, 11) is 0. The molecule has 1 fully saturated rings. The molecule has 4 heterocycles. The third-order valence-corrected chi connectivity index (χ3v) is 5.79. The summed E-state index contributed by atoms with van der Waals surface area (Å²) >= 11 is 3.57. The minimum atomic E-state index is -0.196. The van der Waals surface area contributed by atoms with E-state index in [1.807, 2.05) is 18.3 Å². The third-order valence-electron chi connectivity index (χ3n) is 5.41. The average molecular weight is 446 g/mol. The smallest absolute Gasteiger partial charge is 0.180 e. The van der Waals surface area contributed by atoms with Crippen LogP contribution in [0.3, 0.4) is 0 Å². The van der Waals surface area contributed by atoms with Crippen molar-refractivity contribution in [3.05, 3.63) is 57.8 Å². The molecule has 0 saturated carbocycles. The highest BCUT2D eigenvalue weighted by atomic mass is 79.9. The fourth-order valence-electron chi connectivity index (χ4n) is 4.01. The molecule has 6 nitrogen and oxygen atoms in total. The molecule has 2 aromatic heterocycles. The number of ether oxygens (including phenoxy) is 1. The number of morpholine rings is 1. The van der Waals surface area contributed by atoms with Gasteiger partial charge in [0.2, 0.25) is 0 Å². The number of benzene rings is 1. The molecule has 1 aromatic carbocycles. The van der Waals surface area contributed by atoms with Crippen molar-refractivity contribution >= 4 is 27.4 Å². The quantitative estimate of drug-likeness (QED) is 0.619. The number of halogens is 2. The van der Waals surface area contributed by atoms with Gasteiger partial charge in [-0.1, -0.05) is 12.1 Å². The van der Waals surface area contributed by atoms with Crippen LogP contribution in [-0.2, 0) is 24.2 Å². The van der Waals surface area contributed by atoms with E-state index in [2.05, 4.69) is 30.1 Å². The van der Waals surface area contributed by atoms with Gasteiger partial charge in [0.05, 0.1) is 18.9 Å². The Labute approximate surface area is 171 Å². The molecule has 1 saturated heterocycles. The van der Waals surface area contributed by atoms with E-state index in [0.717, 1.165) is 66.5 Å². The first-order valence-corrected chi connectivity index (χ1v) is 10.3. The van der Waals surface area contributed by atoms with Crippen LogP contribution in [0, 0.1) is 5.82 Å². The number of nitrogens with zero attached hydrogens (tertiary/aromatic N) is 5. The molecule has 0 atom stereocenters. The van der Waals surface area contributed by atoms with Crippen LogP contribution in [0.4, 0.5) is 10.2 Å². The zero-order chi connectivity index (χ0) is 19.1. The van der Waals surface area contributed by atoms with Gasteiger partial charge < -0.3 is 9.64 Å². The second kappa shape index (κ2) is 7.42. The van der Waals surface area contributed by atoms with Crippen molar-refractivity contribution in [2.24, 2.45) is 0 Å². The zero-order valence-electron chi connectivity index (χ0n) is 15.4. The molecule has 0 radical (unpaired) electrons. The van der Waals surface area contributed by atoms with E-state index in [4.69, 9.17) is 14.7 Å². The fraction of sp³-hybridized carbons (Fsp3) is 0.400. The number of imidazole rings is 1. The summed E-state index contributed by atoms with van der Waals surface area (Å²) in [4.78, 5) is 14.3. The van der Waals surface area contributed by atoms with Crippen molar-refractivity contribution in [2.45, 2.75) is 19.5 Å². The molecule has 2 aliphatic heterocycles. The Kier molecular flexibility index (Phi) is 4.78. The lowest BCUT2D eigenvalue weighted by Gasteiger charge is -2.28. The van der Waals surface area contributed by atoms with Crippen LogP contribution >= 0.6 is 15.9 Å². The normalized spacial score (nSPS) is 17.9. The molecule has 0 amide bonds. The summed E-state index contributed by atoms with van der Waals surface area (Å²) in [6.07, 6.45) is 2.94. The summed E-state index contributed by atoms with van der Waals surface area (Å²) in [6, 6.07) is 6.75. The van der Waals surface area contributed by atoms with E-state index in [0.29, 0.717) is 13.2 Å². The molecular weight excluding hydrogens is 425 g/mol. The van der Waals surface area contributed by atoms with Crippen LogP contribution < -0.4 is 4.90 Å². The molecule has 28 heavy (non-hydrogen) atoms. The first-order chi connectivity index (χ1) is 13.7. The average Bonchev–Trinajstić information content (AvgIpc) is 3.07. The molecule has 0 aliphatic carbocycles. The molecule has 0 spiro atoms. The van der Waals surface area contributed by atoms with Crippen LogP contribution in [0.1, 0.15) is 17.0 Å². The summed E-state index contributed by atoms with van der Waals surface area (Å²) in [6.45, 7) is 5.62. The van der Waals surface area contributed by atoms with E-state index in [-0.39, 0.29) is 5.82 Å². The Balaban J connectivity index is 1.45. The number of hydrogen-bond donors (Lipinski definition) is 0. The van der Waals surface area contributed by atoms with Crippen LogP contribution in [0.15, 0.2) is 35.1 Å². The minimum Gasteiger partial charge on any atom is -0.378 e. The lowest BCUT2D eigenvalue weighted by Crippen LogP contribution is -2.37. The Bertz CT molecular complexity index is 1000. The van der Waals surface area contributed by atoms with Gasteiger partial charge in [0, 0.05) is 51.0 Å². The second-order valence-corrected chi connectivity index (χ2v) is 8.09. The standard InChI is InChI=1S/C20H21BrFN5O/c21-18-13-27-17-5-6-25(11-14-1-3-15(22)4-2-14)12-16(17)23-20(27)19(24-18)26-7-9-28-10-8-26/h1-4,13H,5-12H2. The predicted molar refractivity (Wildman–Crippen MR) is 108 cm³/mol. The van der Waals surface area contributed by atoms with Gasteiger partial charge in [-0.25, -0.2) is 14.4 Å². The van der Waals surface area contributed by atoms with Crippen molar-refractivity contribution < 1.29 is 9.13 Å². The van der Waals surface area contributed by atoms with Crippen molar-refractivity contribution in [2.75, 3.05) is 37.7 Å². The van der Waals surface area contributed by atoms with E-state index < -0.39 is 0 Å². The van der Waals surface area contributed by atoms with Gasteiger partial charge in [-0.2, -0.15) is 0 Å². The van der Waals surface area contributed by atoms with Gasteiger partial charge in [-0.3, -0.25) is 9.30 Å². The molecule has 2 aliphatic rings. The Morgan fingerprint density at radius 3 is 2.64 bits per heavy atom. The maximum absolute atomic E-state index is 13.2. The second-order valence-electron chi connectivity index (χ2n) is 7.27. The summed E-state index contributed by atoms with van der Waals surface area (Å²) in [5.74, 6) is 0.718. The van der Waals surface area contributed by atoms with Crippen LogP contribution in [0.5, 0.6) is 0 Å². The van der Waals surface area contributed by atoms with Crippen molar-refractivity contribution in [1.82, 2.24) is 19.3 Å². The van der Waals surface area contributed by atoms with Gasteiger partial charge in [0.15, 0.2) is 11.5 Å². The van der Waals surface area contributed by atoms with E-state index in [1.54, 1.807) is 0 Å². The maximum atomic E-state index is 13.2. The summed E-state index contributed by atoms with van der Waals surface area (Å²) in [5.41, 5.74) is 4.39. The molecule has 146 valence electrons. The number of rotatable bonds is 3. The number of aromatic nitrogens is 3. The van der Waals surface area contributed by atoms with Crippen molar-refractivity contribution in [3.63, 3.8) is 0 Å². The highest BCUT2D eigenvalue weighted by Crippen LogP contribution is 2.28. The van der Waals surface area contributed by atoms with Gasteiger partial charge in [-0.15, -0.1) is 0 Å². The molecule has 0 N–H and O–H groups in total. The number of fused-ring (bicyclic) bond motifs is 3. The van der Waals surface area contributed by atoms with Gasteiger partial charge in [-0.05, 0) is 33.6 Å². The third kappa shape index (κ3) is 3.40. The van der Waals surface area contributed by atoms with Crippen molar-refractivity contribution in [1.29, 1.82) is 0 Å². The Morgan fingerprint density at radius 2 is 1.86 bits per heavy atom. The Morgan fingerprint density at radius 1 is 1.07 bits per heavy atom. The monoisotopic (exact) mass is 445 g/mol. The summed E-state index contributed by atoms with van der Waals surface area (Å²) in [5, 5.41) is 0. The largest absolute Gasteiger partial charge is 0.378 e. The topological polar surface area (TPSA) is 45.9 Å². The van der Waals surface area contributed by atoms with Gasteiger partial charge in [0.1, 0.15) is 10.4 Å². The van der Waals surface area contributed by atoms with E-state index >= 15 is 0 Å².